The van der Waals surface area contributed by atoms with Crippen LogP contribution >= 0.6 is 38.6 Å². The van der Waals surface area contributed by atoms with Gasteiger partial charge in [0.05, 0.1) is 0 Å². The minimum absolute atomic E-state index is 0.498. The summed E-state index contributed by atoms with van der Waals surface area (Å²) in [7, 11) is 0. The molecule has 2 aromatic rings. The van der Waals surface area contributed by atoms with E-state index in [9.17, 15) is 5.11 Å². The summed E-state index contributed by atoms with van der Waals surface area (Å²) in [6, 6.07) is 0. The van der Waals surface area contributed by atoms with Crippen LogP contribution in [0.5, 0.6) is 0 Å². The van der Waals surface area contributed by atoms with Gasteiger partial charge in [-0.3, -0.25) is 0 Å². The largest absolute Gasteiger partial charge is 0.384 e. The van der Waals surface area contributed by atoms with Gasteiger partial charge < -0.3 is 5.11 Å². The van der Waals surface area contributed by atoms with Crippen LogP contribution in [-0.2, 0) is 0 Å². The SMILES string of the molecule is Cc1cscc1C(O)c1cscc1Br. The van der Waals surface area contributed by atoms with E-state index in [0.717, 1.165) is 21.2 Å². The molecule has 0 fully saturated rings. The second-order valence-corrected chi connectivity index (χ2v) is 5.43. The number of thiophene rings is 2. The van der Waals surface area contributed by atoms with Crippen LogP contribution in [0.1, 0.15) is 22.8 Å². The molecule has 1 unspecified atom stereocenters. The average molecular weight is 289 g/mol. The van der Waals surface area contributed by atoms with Crippen molar-refractivity contribution in [2.24, 2.45) is 0 Å². The minimum atomic E-state index is -0.498. The van der Waals surface area contributed by atoms with E-state index in [1.165, 1.54) is 0 Å². The maximum absolute atomic E-state index is 10.1. The summed E-state index contributed by atoms with van der Waals surface area (Å²) < 4.78 is 0.987. The fraction of sp³-hybridized carbons (Fsp3) is 0.200. The number of hydrogen-bond donors (Lipinski definition) is 1. The Labute approximate surface area is 99.2 Å². The van der Waals surface area contributed by atoms with Gasteiger partial charge in [-0.2, -0.15) is 22.7 Å². The summed E-state index contributed by atoms with van der Waals surface area (Å²) in [6.45, 7) is 2.02. The summed E-state index contributed by atoms with van der Waals surface area (Å²) >= 11 is 6.65. The summed E-state index contributed by atoms with van der Waals surface area (Å²) in [4.78, 5) is 0. The van der Waals surface area contributed by atoms with E-state index in [2.05, 4.69) is 21.3 Å². The summed E-state index contributed by atoms with van der Waals surface area (Å²) in [6.07, 6.45) is -0.498. The number of aryl methyl sites for hydroxylation is 1. The van der Waals surface area contributed by atoms with Gasteiger partial charge in [0.1, 0.15) is 6.10 Å². The number of hydrogen-bond acceptors (Lipinski definition) is 3. The predicted octanol–water partition coefficient (Wildman–Crippen LogP) is 3.96. The Hall–Kier alpha value is -0.160. The van der Waals surface area contributed by atoms with Gasteiger partial charge in [-0.05, 0) is 50.1 Å². The highest BCUT2D eigenvalue weighted by atomic mass is 79.9. The smallest absolute Gasteiger partial charge is 0.107 e. The molecule has 0 amide bonds. The Balaban J connectivity index is 2.38. The van der Waals surface area contributed by atoms with Crippen molar-refractivity contribution in [2.45, 2.75) is 13.0 Å². The Kier molecular flexibility index (Phi) is 3.07. The summed E-state index contributed by atoms with van der Waals surface area (Å²) in [5.41, 5.74) is 3.12. The first kappa shape index (κ1) is 10.4. The lowest BCUT2D eigenvalue weighted by molar-refractivity contribution is 0.220. The van der Waals surface area contributed by atoms with Crippen LogP contribution in [0.25, 0.3) is 0 Å². The van der Waals surface area contributed by atoms with E-state index in [4.69, 9.17) is 0 Å². The van der Waals surface area contributed by atoms with Gasteiger partial charge in [-0.15, -0.1) is 0 Å². The molecule has 0 aliphatic rings. The van der Waals surface area contributed by atoms with E-state index >= 15 is 0 Å². The monoisotopic (exact) mass is 288 g/mol. The molecule has 0 aliphatic heterocycles. The molecular formula is C10H9BrOS2. The third kappa shape index (κ3) is 1.80. The van der Waals surface area contributed by atoms with Gasteiger partial charge in [0.25, 0.3) is 0 Å². The molecule has 0 saturated carbocycles. The zero-order valence-corrected chi connectivity index (χ0v) is 10.7. The van der Waals surface area contributed by atoms with Crippen molar-refractivity contribution in [3.63, 3.8) is 0 Å². The number of halogens is 1. The van der Waals surface area contributed by atoms with Crippen LogP contribution in [-0.4, -0.2) is 5.11 Å². The molecule has 0 bridgehead atoms. The Morgan fingerprint density at radius 3 is 2.29 bits per heavy atom. The lowest BCUT2D eigenvalue weighted by Gasteiger charge is -2.09. The molecule has 1 N–H and O–H groups in total. The molecule has 2 aromatic heterocycles. The molecule has 2 rings (SSSR count). The van der Waals surface area contributed by atoms with E-state index in [0.29, 0.717) is 0 Å². The van der Waals surface area contributed by atoms with Crippen molar-refractivity contribution in [3.05, 3.63) is 42.7 Å². The van der Waals surface area contributed by atoms with Gasteiger partial charge in [-0.25, -0.2) is 0 Å². The maximum atomic E-state index is 10.1. The minimum Gasteiger partial charge on any atom is -0.384 e. The second-order valence-electron chi connectivity index (χ2n) is 3.09. The van der Waals surface area contributed by atoms with Gasteiger partial charge in [0.2, 0.25) is 0 Å². The van der Waals surface area contributed by atoms with Crippen molar-refractivity contribution in [2.75, 3.05) is 0 Å². The summed E-state index contributed by atoms with van der Waals surface area (Å²) in [5, 5.41) is 18.1. The van der Waals surface area contributed by atoms with Crippen LogP contribution < -0.4 is 0 Å². The van der Waals surface area contributed by atoms with Gasteiger partial charge in [-0.1, -0.05) is 0 Å². The number of aliphatic hydroxyl groups is 1. The molecule has 1 nitrogen and oxygen atoms in total. The lowest BCUT2D eigenvalue weighted by Crippen LogP contribution is -1.98. The van der Waals surface area contributed by atoms with E-state index in [1.54, 1.807) is 22.7 Å². The van der Waals surface area contributed by atoms with Crippen LogP contribution in [0.15, 0.2) is 26.0 Å². The quantitative estimate of drug-likeness (QED) is 0.887. The standard InChI is InChI=1S/C10H9BrOS2/c1-6-2-13-3-7(6)10(12)8-4-14-5-9(8)11/h2-5,10,12H,1H3. The molecule has 0 aliphatic carbocycles. The van der Waals surface area contributed by atoms with Gasteiger partial charge in [0, 0.05) is 15.4 Å². The highest BCUT2D eigenvalue weighted by molar-refractivity contribution is 9.10. The molecule has 0 spiro atoms. The third-order valence-electron chi connectivity index (χ3n) is 2.13. The third-order valence-corrected chi connectivity index (χ3v) is 4.76. The van der Waals surface area contributed by atoms with Crippen LogP contribution in [0.2, 0.25) is 0 Å². The van der Waals surface area contributed by atoms with Crippen molar-refractivity contribution >= 4 is 38.6 Å². The first-order chi connectivity index (χ1) is 6.70. The van der Waals surface area contributed by atoms with E-state index in [-0.39, 0.29) is 0 Å². The Morgan fingerprint density at radius 1 is 1.14 bits per heavy atom. The first-order valence-corrected chi connectivity index (χ1v) is 6.80. The highest BCUT2D eigenvalue weighted by Gasteiger charge is 2.16. The fourth-order valence-electron chi connectivity index (χ4n) is 1.30. The molecule has 14 heavy (non-hydrogen) atoms. The molecule has 0 radical (unpaired) electrons. The number of rotatable bonds is 2. The predicted molar refractivity (Wildman–Crippen MR) is 65.1 cm³/mol. The molecule has 4 heteroatoms. The maximum Gasteiger partial charge on any atom is 0.107 e. The number of aliphatic hydroxyl groups excluding tert-OH is 1. The summed E-state index contributed by atoms with van der Waals surface area (Å²) in [5.74, 6) is 0. The second kappa shape index (κ2) is 4.14. The average Bonchev–Trinajstić information content (AvgIpc) is 2.73. The normalized spacial score (nSPS) is 13.1. The van der Waals surface area contributed by atoms with Gasteiger partial charge >= 0.3 is 0 Å². The zero-order valence-electron chi connectivity index (χ0n) is 7.53. The molecule has 0 aromatic carbocycles. The Morgan fingerprint density at radius 2 is 1.79 bits per heavy atom. The van der Waals surface area contributed by atoms with E-state index in [1.807, 2.05) is 23.1 Å². The van der Waals surface area contributed by atoms with Crippen molar-refractivity contribution in [1.29, 1.82) is 0 Å². The van der Waals surface area contributed by atoms with Crippen LogP contribution in [0.4, 0.5) is 0 Å². The molecule has 1 atom stereocenters. The van der Waals surface area contributed by atoms with Crippen molar-refractivity contribution in [3.8, 4) is 0 Å². The van der Waals surface area contributed by atoms with Crippen molar-refractivity contribution in [1.82, 2.24) is 0 Å². The van der Waals surface area contributed by atoms with Crippen LogP contribution in [0.3, 0.4) is 0 Å². The lowest BCUT2D eigenvalue weighted by atomic mass is 10.0. The highest BCUT2D eigenvalue weighted by Crippen LogP contribution is 2.33. The molecule has 74 valence electrons. The van der Waals surface area contributed by atoms with E-state index < -0.39 is 6.10 Å². The molecule has 2 heterocycles. The zero-order chi connectivity index (χ0) is 10.1. The first-order valence-electron chi connectivity index (χ1n) is 4.12. The van der Waals surface area contributed by atoms with Gasteiger partial charge in [0.15, 0.2) is 0 Å². The molecule has 0 saturated heterocycles. The topological polar surface area (TPSA) is 20.2 Å². The van der Waals surface area contributed by atoms with Crippen molar-refractivity contribution < 1.29 is 5.11 Å². The fourth-order valence-corrected chi connectivity index (χ4v) is 3.71. The Bertz CT molecular complexity index is 393. The molecular weight excluding hydrogens is 280 g/mol. The van der Waals surface area contributed by atoms with Crippen LogP contribution in [0, 0.1) is 6.92 Å².